The second kappa shape index (κ2) is 5.18. The van der Waals surface area contributed by atoms with Gasteiger partial charge in [0, 0.05) is 30.4 Å². The second-order valence-electron chi connectivity index (χ2n) is 4.66. The molecule has 3 N–H and O–H groups in total. The molecule has 0 aliphatic heterocycles. The van der Waals surface area contributed by atoms with Crippen LogP contribution < -0.4 is 11.1 Å². The number of aromatic nitrogens is 2. The average molecular weight is 246 g/mol. The van der Waals surface area contributed by atoms with Crippen LogP contribution in [0.15, 0.2) is 24.5 Å². The highest BCUT2D eigenvalue weighted by atomic mass is 16.1. The molecule has 0 aromatic carbocycles. The SMILES string of the molecule is CC(C)NCc1cn(CC(N)=O)c2ncccc12. The number of fused-ring (bicyclic) bond motifs is 1. The summed E-state index contributed by atoms with van der Waals surface area (Å²) in [5.41, 5.74) is 7.18. The summed E-state index contributed by atoms with van der Waals surface area (Å²) < 4.78 is 1.80. The van der Waals surface area contributed by atoms with Gasteiger partial charge in [-0.3, -0.25) is 4.79 Å². The zero-order valence-corrected chi connectivity index (χ0v) is 10.7. The maximum Gasteiger partial charge on any atom is 0.237 e. The number of hydrogen-bond acceptors (Lipinski definition) is 3. The van der Waals surface area contributed by atoms with Gasteiger partial charge in [-0.15, -0.1) is 0 Å². The van der Waals surface area contributed by atoms with E-state index in [1.54, 1.807) is 10.8 Å². The fourth-order valence-corrected chi connectivity index (χ4v) is 1.94. The zero-order chi connectivity index (χ0) is 13.1. The molecule has 0 aliphatic rings. The quantitative estimate of drug-likeness (QED) is 0.827. The number of carbonyl (C=O) groups is 1. The van der Waals surface area contributed by atoms with E-state index in [0.717, 1.165) is 23.1 Å². The molecule has 2 aromatic heterocycles. The van der Waals surface area contributed by atoms with Crippen LogP contribution in [0.2, 0.25) is 0 Å². The van der Waals surface area contributed by atoms with Crippen LogP contribution in [0, 0.1) is 0 Å². The highest BCUT2D eigenvalue weighted by Crippen LogP contribution is 2.19. The lowest BCUT2D eigenvalue weighted by atomic mass is 10.2. The Morgan fingerprint density at radius 3 is 3.00 bits per heavy atom. The molecule has 5 nitrogen and oxygen atoms in total. The Labute approximate surface area is 106 Å². The Morgan fingerprint density at radius 2 is 2.33 bits per heavy atom. The number of amides is 1. The van der Waals surface area contributed by atoms with Crippen LogP contribution in [0.1, 0.15) is 19.4 Å². The molecule has 2 heterocycles. The number of pyridine rings is 1. The molecule has 1 amide bonds. The Morgan fingerprint density at radius 1 is 1.56 bits per heavy atom. The first-order chi connectivity index (χ1) is 8.58. The fourth-order valence-electron chi connectivity index (χ4n) is 1.94. The highest BCUT2D eigenvalue weighted by Gasteiger charge is 2.10. The lowest BCUT2D eigenvalue weighted by molar-refractivity contribution is -0.118. The molecule has 2 rings (SSSR count). The van der Waals surface area contributed by atoms with Crippen LogP contribution in [-0.2, 0) is 17.9 Å². The molecule has 0 bridgehead atoms. The predicted molar refractivity (Wildman–Crippen MR) is 70.9 cm³/mol. The average Bonchev–Trinajstić information content (AvgIpc) is 2.65. The van der Waals surface area contributed by atoms with Gasteiger partial charge in [0.05, 0.1) is 0 Å². The van der Waals surface area contributed by atoms with E-state index >= 15 is 0 Å². The van der Waals surface area contributed by atoms with Crippen LogP contribution in [0.4, 0.5) is 0 Å². The van der Waals surface area contributed by atoms with Crippen molar-refractivity contribution in [3.8, 4) is 0 Å². The van der Waals surface area contributed by atoms with Crippen LogP contribution in [0.5, 0.6) is 0 Å². The molecule has 0 spiro atoms. The molecule has 0 aliphatic carbocycles. The lowest BCUT2D eigenvalue weighted by Crippen LogP contribution is -2.21. The maximum atomic E-state index is 11.0. The Hall–Kier alpha value is -1.88. The van der Waals surface area contributed by atoms with Crippen molar-refractivity contribution < 1.29 is 4.79 Å². The van der Waals surface area contributed by atoms with Crippen molar-refractivity contribution in [3.63, 3.8) is 0 Å². The molecule has 0 radical (unpaired) electrons. The molecule has 96 valence electrons. The van der Waals surface area contributed by atoms with E-state index in [0.29, 0.717) is 6.04 Å². The summed E-state index contributed by atoms with van der Waals surface area (Å²) >= 11 is 0. The standard InChI is InChI=1S/C13H18N4O/c1-9(2)16-6-10-7-17(8-12(14)18)13-11(10)4-3-5-15-13/h3-5,7,9,16H,6,8H2,1-2H3,(H2,14,18). The highest BCUT2D eigenvalue weighted by molar-refractivity contribution is 5.82. The van der Waals surface area contributed by atoms with Gasteiger partial charge in [-0.2, -0.15) is 0 Å². The van der Waals surface area contributed by atoms with E-state index in [1.807, 2.05) is 18.3 Å². The molecule has 0 unspecified atom stereocenters. The first-order valence-electron chi connectivity index (χ1n) is 6.02. The van der Waals surface area contributed by atoms with E-state index in [1.165, 1.54) is 0 Å². The van der Waals surface area contributed by atoms with Crippen molar-refractivity contribution in [2.75, 3.05) is 0 Å². The number of carbonyl (C=O) groups excluding carboxylic acids is 1. The van der Waals surface area contributed by atoms with Crippen LogP contribution in [0.3, 0.4) is 0 Å². The van der Waals surface area contributed by atoms with Gasteiger partial charge in [0.15, 0.2) is 0 Å². The molecule has 5 heteroatoms. The first kappa shape index (κ1) is 12.6. The van der Waals surface area contributed by atoms with Crippen LogP contribution in [-0.4, -0.2) is 21.5 Å². The fraction of sp³-hybridized carbons (Fsp3) is 0.385. The number of nitrogens with zero attached hydrogens (tertiary/aromatic N) is 2. The summed E-state index contributed by atoms with van der Waals surface area (Å²) in [7, 11) is 0. The van der Waals surface area contributed by atoms with Crippen molar-refractivity contribution >= 4 is 16.9 Å². The van der Waals surface area contributed by atoms with Gasteiger partial charge in [0.2, 0.25) is 5.91 Å². The second-order valence-corrected chi connectivity index (χ2v) is 4.66. The summed E-state index contributed by atoms with van der Waals surface area (Å²) in [5.74, 6) is -0.360. The number of primary amides is 1. The van der Waals surface area contributed by atoms with Crippen molar-refractivity contribution in [3.05, 3.63) is 30.1 Å². The Kier molecular flexibility index (Phi) is 3.62. The van der Waals surface area contributed by atoms with E-state index in [2.05, 4.69) is 24.1 Å². The normalized spacial score (nSPS) is 11.3. The van der Waals surface area contributed by atoms with Gasteiger partial charge in [-0.25, -0.2) is 4.98 Å². The lowest BCUT2D eigenvalue weighted by Gasteiger charge is -2.06. The smallest absolute Gasteiger partial charge is 0.237 e. The largest absolute Gasteiger partial charge is 0.368 e. The molecule has 18 heavy (non-hydrogen) atoms. The summed E-state index contributed by atoms with van der Waals surface area (Å²) in [6.07, 6.45) is 3.66. The number of hydrogen-bond donors (Lipinski definition) is 2. The Balaban J connectivity index is 2.37. The molecule has 0 saturated carbocycles. The van der Waals surface area contributed by atoms with Gasteiger partial charge in [0.25, 0.3) is 0 Å². The molecule has 0 atom stereocenters. The minimum Gasteiger partial charge on any atom is -0.368 e. The third-order valence-electron chi connectivity index (χ3n) is 2.74. The monoisotopic (exact) mass is 246 g/mol. The van der Waals surface area contributed by atoms with Crippen molar-refractivity contribution in [1.29, 1.82) is 0 Å². The number of rotatable bonds is 5. The summed E-state index contributed by atoms with van der Waals surface area (Å²) in [6, 6.07) is 4.32. The van der Waals surface area contributed by atoms with Crippen molar-refractivity contribution in [1.82, 2.24) is 14.9 Å². The summed E-state index contributed by atoms with van der Waals surface area (Å²) in [4.78, 5) is 15.4. The zero-order valence-electron chi connectivity index (χ0n) is 10.7. The van der Waals surface area contributed by atoms with Crippen molar-refractivity contribution in [2.45, 2.75) is 33.0 Å². The maximum absolute atomic E-state index is 11.0. The molecular weight excluding hydrogens is 228 g/mol. The predicted octanol–water partition coefficient (Wildman–Crippen LogP) is 1.02. The van der Waals surface area contributed by atoms with E-state index in [-0.39, 0.29) is 12.5 Å². The minimum absolute atomic E-state index is 0.162. The minimum atomic E-state index is -0.360. The third kappa shape index (κ3) is 2.68. The molecule has 2 aromatic rings. The van der Waals surface area contributed by atoms with Gasteiger partial charge >= 0.3 is 0 Å². The molecule has 0 fully saturated rings. The van der Waals surface area contributed by atoms with Crippen LogP contribution in [0.25, 0.3) is 11.0 Å². The molecule has 0 saturated heterocycles. The topological polar surface area (TPSA) is 72.9 Å². The third-order valence-corrected chi connectivity index (χ3v) is 2.74. The van der Waals surface area contributed by atoms with Gasteiger partial charge < -0.3 is 15.6 Å². The summed E-state index contributed by atoms with van der Waals surface area (Å²) in [5, 5.41) is 4.43. The van der Waals surface area contributed by atoms with Gasteiger partial charge in [-0.05, 0) is 17.7 Å². The Bertz CT molecular complexity index is 559. The first-order valence-corrected chi connectivity index (χ1v) is 6.02. The number of nitrogens with one attached hydrogen (secondary N) is 1. The van der Waals surface area contributed by atoms with E-state index < -0.39 is 0 Å². The number of nitrogens with two attached hydrogens (primary N) is 1. The van der Waals surface area contributed by atoms with E-state index in [4.69, 9.17) is 5.73 Å². The van der Waals surface area contributed by atoms with E-state index in [9.17, 15) is 4.79 Å². The van der Waals surface area contributed by atoms with Gasteiger partial charge in [-0.1, -0.05) is 13.8 Å². The summed E-state index contributed by atoms with van der Waals surface area (Å²) in [6.45, 7) is 5.11. The van der Waals surface area contributed by atoms with Gasteiger partial charge in [0.1, 0.15) is 12.2 Å². The molecular formula is C13H18N4O. The van der Waals surface area contributed by atoms with Crippen LogP contribution >= 0.6 is 0 Å². The van der Waals surface area contributed by atoms with Crippen molar-refractivity contribution in [2.24, 2.45) is 5.73 Å².